The molecule has 0 aliphatic carbocycles. The number of aliphatic hydroxyl groups is 1. The van der Waals surface area contributed by atoms with Gasteiger partial charge in [-0.3, -0.25) is 0 Å². The molecule has 0 fully saturated rings. The van der Waals surface area contributed by atoms with Crippen LogP contribution in [0.25, 0.3) is 0 Å². The standard InChI is InChI=1S/C11H16NO4S/c1-9(12-17(14)15)5-6-16-11-4-2-3-10(7-11)8-13/h2,4,7,9,13,17H,5-6,8H2,1H3,(H,12,14,15). The number of hydrogen-bond donors (Lipinski definition) is 3. The van der Waals surface area contributed by atoms with Gasteiger partial charge in [0.25, 0.3) is 0 Å². The largest absolute Gasteiger partial charge is 0.494 e. The van der Waals surface area contributed by atoms with Gasteiger partial charge in [-0.2, -0.15) is 0 Å². The average Bonchev–Trinajstić information content (AvgIpc) is 2.28. The van der Waals surface area contributed by atoms with Crippen molar-refractivity contribution in [2.24, 2.45) is 0 Å². The van der Waals surface area contributed by atoms with E-state index in [9.17, 15) is 8.42 Å². The second kappa shape index (κ2) is 7.26. The lowest BCUT2D eigenvalue weighted by molar-refractivity contribution is 0.277. The average molecular weight is 258 g/mol. The molecule has 1 rings (SSSR count). The highest BCUT2D eigenvalue weighted by atomic mass is 32.2. The minimum Gasteiger partial charge on any atom is -0.494 e. The molecule has 0 aliphatic rings. The molecule has 0 amide bonds. The van der Waals surface area contributed by atoms with Gasteiger partial charge in [0.2, 0.25) is 10.9 Å². The van der Waals surface area contributed by atoms with Gasteiger partial charge in [-0.25, -0.2) is 13.1 Å². The molecule has 0 bridgehead atoms. The molecule has 0 aliphatic heterocycles. The van der Waals surface area contributed by atoms with Crippen molar-refractivity contribution in [3.8, 4) is 5.75 Å². The SMILES string of the molecule is CC(CCOc1cc[c]c(CO)c1)N[SH](=O)=O. The predicted octanol–water partition coefficient (Wildman–Crippen LogP) is 0.252. The van der Waals surface area contributed by atoms with Crippen LogP contribution in [0.1, 0.15) is 18.9 Å². The van der Waals surface area contributed by atoms with Crippen molar-refractivity contribution in [2.75, 3.05) is 6.61 Å². The fourth-order valence-corrected chi connectivity index (χ4v) is 1.76. The molecule has 0 heterocycles. The summed E-state index contributed by atoms with van der Waals surface area (Å²) in [5.41, 5.74) is 0.663. The van der Waals surface area contributed by atoms with Gasteiger partial charge in [0.15, 0.2) is 0 Å². The molecule has 1 radical (unpaired) electrons. The van der Waals surface area contributed by atoms with Crippen LogP contribution in [0.4, 0.5) is 0 Å². The highest BCUT2D eigenvalue weighted by Gasteiger charge is 2.02. The Morgan fingerprint density at radius 2 is 2.35 bits per heavy atom. The first-order valence-electron chi connectivity index (χ1n) is 5.26. The van der Waals surface area contributed by atoms with Crippen LogP contribution in [-0.4, -0.2) is 26.2 Å². The van der Waals surface area contributed by atoms with E-state index in [4.69, 9.17) is 9.84 Å². The molecule has 2 N–H and O–H groups in total. The van der Waals surface area contributed by atoms with Crippen molar-refractivity contribution >= 4 is 10.9 Å². The molecular weight excluding hydrogens is 242 g/mol. The highest BCUT2D eigenvalue weighted by molar-refractivity contribution is 7.70. The van der Waals surface area contributed by atoms with Gasteiger partial charge >= 0.3 is 0 Å². The minimum atomic E-state index is -2.56. The van der Waals surface area contributed by atoms with Crippen LogP contribution in [0, 0.1) is 6.07 Å². The smallest absolute Gasteiger partial charge is 0.201 e. The van der Waals surface area contributed by atoms with Crippen LogP contribution >= 0.6 is 0 Å². The second-order valence-corrected chi connectivity index (χ2v) is 4.40. The third-order valence-electron chi connectivity index (χ3n) is 2.15. The van der Waals surface area contributed by atoms with Crippen molar-refractivity contribution in [1.82, 2.24) is 4.72 Å². The second-order valence-electron chi connectivity index (χ2n) is 3.63. The normalized spacial score (nSPS) is 12.6. The Labute approximate surface area is 103 Å². The van der Waals surface area contributed by atoms with Crippen molar-refractivity contribution in [3.05, 3.63) is 29.8 Å². The summed E-state index contributed by atoms with van der Waals surface area (Å²) in [5, 5.41) is 8.91. The molecule has 17 heavy (non-hydrogen) atoms. The summed E-state index contributed by atoms with van der Waals surface area (Å²) in [7, 11) is -2.56. The van der Waals surface area contributed by atoms with Gasteiger partial charge in [0.1, 0.15) is 5.75 Å². The Morgan fingerprint density at radius 3 is 3.00 bits per heavy atom. The number of benzene rings is 1. The summed E-state index contributed by atoms with van der Waals surface area (Å²) in [4.78, 5) is 0. The molecule has 0 spiro atoms. The number of thiol groups is 1. The number of nitrogens with one attached hydrogen (secondary N) is 1. The maximum Gasteiger partial charge on any atom is 0.201 e. The van der Waals surface area contributed by atoms with Gasteiger partial charge in [0.05, 0.1) is 13.2 Å². The van der Waals surface area contributed by atoms with Crippen LogP contribution in [0.5, 0.6) is 5.75 Å². The molecule has 1 aromatic rings. The van der Waals surface area contributed by atoms with E-state index in [0.29, 0.717) is 24.3 Å². The summed E-state index contributed by atoms with van der Waals surface area (Å²) < 4.78 is 28.6. The lowest BCUT2D eigenvalue weighted by Gasteiger charge is -2.10. The van der Waals surface area contributed by atoms with Gasteiger partial charge in [-0.15, -0.1) is 0 Å². The summed E-state index contributed by atoms with van der Waals surface area (Å²) in [6.45, 7) is 2.10. The third kappa shape index (κ3) is 5.67. The van der Waals surface area contributed by atoms with Crippen LogP contribution in [0.2, 0.25) is 0 Å². The van der Waals surface area contributed by atoms with Crippen LogP contribution in [-0.2, 0) is 17.5 Å². The zero-order valence-electron chi connectivity index (χ0n) is 9.55. The molecule has 1 unspecified atom stereocenters. The maximum absolute atomic E-state index is 10.4. The maximum atomic E-state index is 10.4. The summed E-state index contributed by atoms with van der Waals surface area (Å²) in [6, 6.07) is 7.83. The number of hydrogen-bond acceptors (Lipinski definition) is 4. The first-order chi connectivity index (χ1) is 8.11. The first kappa shape index (κ1) is 14.0. The van der Waals surface area contributed by atoms with E-state index >= 15 is 0 Å². The summed E-state index contributed by atoms with van der Waals surface area (Å²) in [6.07, 6.45) is 0.580. The summed E-state index contributed by atoms with van der Waals surface area (Å²) >= 11 is 0. The quantitative estimate of drug-likeness (QED) is 0.613. The Kier molecular flexibility index (Phi) is 5.96. The van der Waals surface area contributed by atoms with Crippen LogP contribution in [0.3, 0.4) is 0 Å². The molecule has 1 atom stereocenters. The van der Waals surface area contributed by atoms with Crippen molar-refractivity contribution in [2.45, 2.75) is 26.0 Å². The monoisotopic (exact) mass is 258 g/mol. The highest BCUT2D eigenvalue weighted by Crippen LogP contribution is 2.13. The lowest BCUT2D eigenvalue weighted by atomic mass is 10.2. The Morgan fingerprint density at radius 1 is 1.59 bits per heavy atom. The molecule has 1 aromatic carbocycles. The first-order valence-corrected chi connectivity index (χ1v) is 6.44. The Hall–Kier alpha value is -1.11. The van der Waals surface area contributed by atoms with Crippen molar-refractivity contribution in [3.63, 3.8) is 0 Å². The number of rotatable bonds is 7. The molecular formula is C11H16NO4S. The third-order valence-corrected chi connectivity index (χ3v) is 2.80. The lowest BCUT2D eigenvalue weighted by Crippen LogP contribution is -2.26. The molecule has 0 saturated heterocycles. The Bertz CT molecular complexity index is 412. The van der Waals surface area contributed by atoms with E-state index in [1.54, 1.807) is 25.1 Å². The van der Waals surface area contributed by atoms with Gasteiger partial charge in [-0.1, -0.05) is 6.07 Å². The number of aliphatic hydroxyl groups excluding tert-OH is 1. The van der Waals surface area contributed by atoms with E-state index in [-0.39, 0.29) is 12.6 Å². The molecule has 0 saturated carbocycles. The minimum absolute atomic E-state index is 0.0776. The van der Waals surface area contributed by atoms with Crippen LogP contribution in [0.15, 0.2) is 18.2 Å². The van der Waals surface area contributed by atoms with E-state index in [2.05, 4.69) is 10.8 Å². The molecule has 6 heteroatoms. The van der Waals surface area contributed by atoms with Gasteiger partial charge < -0.3 is 9.84 Å². The zero-order chi connectivity index (χ0) is 12.7. The molecule has 0 aromatic heterocycles. The molecule has 95 valence electrons. The van der Waals surface area contributed by atoms with E-state index in [0.717, 1.165) is 0 Å². The zero-order valence-corrected chi connectivity index (χ0v) is 10.4. The van der Waals surface area contributed by atoms with Crippen molar-refractivity contribution in [1.29, 1.82) is 0 Å². The molecule has 5 nitrogen and oxygen atoms in total. The van der Waals surface area contributed by atoms with Gasteiger partial charge in [0, 0.05) is 6.04 Å². The van der Waals surface area contributed by atoms with Crippen molar-refractivity contribution < 1.29 is 18.3 Å². The predicted molar refractivity (Wildman–Crippen MR) is 64.2 cm³/mol. The summed E-state index contributed by atoms with van der Waals surface area (Å²) in [5.74, 6) is 0.645. The fraction of sp³-hybridized carbons (Fsp3) is 0.455. The van der Waals surface area contributed by atoms with E-state index in [1.165, 1.54) is 0 Å². The topological polar surface area (TPSA) is 75.6 Å². The van der Waals surface area contributed by atoms with Gasteiger partial charge in [-0.05, 0) is 37.1 Å². The Balaban J connectivity index is 2.35. The number of ether oxygens (including phenoxy) is 1. The fourth-order valence-electron chi connectivity index (χ4n) is 1.27. The van der Waals surface area contributed by atoms with E-state index in [1.807, 2.05) is 0 Å². The van der Waals surface area contributed by atoms with E-state index < -0.39 is 10.9 Å². The van der Waals surface area contributed by atoms with Crippen LogP contribution < -0.4 is 9.46 Å².